The summed E-state index contributed by atoms with van der Waals surface area (Å²) in [7, 11) is 1.77. The molecule has 3 N–H and O–H groups in total. The van der Waals surface area contributed by atoms with Gasteiger partial charge in [0, 0.05) is 11.8 Å². The number of hydrogen-bond acceptors (Lipinski definition) is 3. The molecule has 72 valence electrons. The molecule has 0 saturated heterocycles. The first-order chi connectivity index (χ1) is 6.19. The van der Waals surface area contributed by atoms with Crippen molar-refractivity contribution in [2.75, 3.05) is 13.7 Å². The van der Waals surface area contributed by atoms with Crippen LogP contribution in [-0.4, -0.2) is 23.7 Å². The molecule has 0 radical (unpaired) electrons. The number of aliphatic hydroxyl groups is 1. The van der Waals surface area contributed by atoms with Gasteiger partial charge >= 0.3 is 0 Å². The Morgan fingerprint density at radius 2 is 2.31 bits per heavy atom. The van der Waals surface area contributed by atoms with E-state index in [1.165, 1.54) is 6.07 Å². The number of nitrogens with one attached hydrogen (secondary N) is 2. The third kappa shape index (κ3) is 2.17. The number of pyridine rings is 1. The van der Waals surface area contributed by atoms with Crippen LogP contribution in [0.25, 0.3) is 0 Å². The highest BCUT2D eigenvalue weighted by Gasteiger charge is 2.09. The predicted octanol–water partition coefficient (Wildman–Crippen LogP) is -0.0639. The SMILES string of the molecule is CN[C@H](CO)c1ccc(=O)[nH]c1C. The third-order valence-electron chi connectivity index (χ3n) is 2.06. The zero-order valence-corrected chi connectivity index (χ0v) is 7.79. The van der Waals surface area contributed by atoms with E-state index in [1.54, 1.807) is 13.1 Å². The van der Waals surface area contributed by atoms with Gasteiger partial charge in [0.25, 0.3) is 0 Å². The number of aromatic amines is 1. The number of likely N-dealkylation sites (N-methyl/N-ethyl adjacent to an activating group) is 1. The monoisotopic (exact) mass is 182 g/mol. The second kappa shape index (κ2) is 4.20. The molecule has 0 spiro atoms. The molecule has 1 aromatic heterocycles. The van der Waals surface area contributed by atoms with Crippen LogP contribution < -0.4 is 10.9 Å². The smallest absolute Gasteiger partial charge is 0.248 e. The fourth-order valence-electron chi connectivity index (χ4n) is 1.31. The van der Waals surface area contributed by atoms with Gasteiger partial charge in [-0.15, -0.1) is 0 Å². The lowest BCUT2D eigenvalue weighted by molar-refractivity contribution is 0.250. The third-order valence-corrected chi connectivity index (χ3v) is 2.06. The van der Waals surface area contributed by atoms with Crippen LogP contribution >= 0.6 is 0 Å². The molecule has 1 heterocycles. The summed E-state index contributed by atoms with van der Waals surface area (Å²) < 4.78 is 0. The van der Waals surface area contributed by atoms with Crippen molar-refractivity contribution in [1.29, 1.82) is 0 Å². The maximum atomic E-state index is 10.9. The van der Waals surface area contributed by atoms with Crippen molar-refractivity contribution in [3.63, 3.8) is 0 Å². The predicted molar refractivity (Wildman–Crippen MR) is 50.7 cm³/mol. The van der Waals surface area contributed by atoms with Gasteiger partial charge in [0.1, 0.15) is 0 Å². The Balaban J connectivity index is 3.06. The summed E-state index contributed by atoms with van der Waals surface area (Å²) in [6, 6.07) is 3.07. The van der Waals surface area contributed by atoms with Crippen LogP contribution in [0.5, 0.6) is 0 Å². The standard InChI is InChI=1S/C9H14N2O2/c1-6-7(8(5-12)10-2)3-4-9(13)11-6/h3-4,8,10,12H,5H2,1-2H3,(H,11,13)/t8-/m1/s1. The molecule has 0 aromatic carbocycles. The summed E-state index contributed by atoms with van der Waals surface area (Å²) in [6.45, 7) is 1.83. The van der Waals surface area contributed by atoms with E-state index >= 15 is 0 Å². The Labute approximate surface area is 76.6 Å². The van der Waals surface area contributed by atoms with Crippen molar-refractivity contribution in [3.05, 3.63) is 33.7 Å². The van der Waals surface area contributed by atoms with Gasteiger partial charge in [-0.05, 0) is 19.5 Å². The summed E-state index contributed by atoms with van der Waals surface area (Å²) in [5.74, 6) is 0. The Morgan fingerprint density at radius 1 is 1.62 bits per heavy atom. The highest BCUT2D eigenvalue weighted by molar-refractivity contribution is 5.22. The minimum Gasteiger partial charge on any atom is -0.394 e. The van der Waals surface area contributed by atoms with Crippen molar-refractivity contribution in [3.8, 4) is 0 Å². The van der Waals surface area contributed by atoms with Crippen molar-refractivity contribution in [1.82, 2.24) is 10.3 Å². The molecule has 4 nitrogen and oxygen atoms in total. The van der Waals surface area contributed by atoms with Gasteiger partial charge in [-0.2, -0.15) is 0 Å². The van der Waals surface area contributed by atoms with Crippen molar-refractivity contribution >= 4 is 0 Å². The zero-order valence-electron chi connectivity index (χ0n) is 7.79. The Kier molecular flexibility index (Phi) is 3.22. The highest BCUT2D eigenvalue weighted by atomic mass is 16.3. The number of hydrogen-bond donors (Lipinski definition) is 3. The van der Waals surface area contributed by atoms with Crippen molar-refractivity contribution in [2.45, 2.75) is 13.0 Å². The molecule has 13 heavy (non-hydrogen) atoms. The average molecular weight is 182 g/mol. The van der Waals surface area contributed by atoms with Gasteiger partial charge in [-0.1, -0.05) is 6.07 Å². The largest absolute Gasteiger partial charge is 0.394 e. The van der Waals surface area contributed by atoms with E-state index in [9.17, 15) is 4.79 Å². The lowest BCUT2D eigenvalue weighted by Gasteiger charge is -2.15. The Hall–Kier alpha value is -1.13. The summed E-state index contributed by atoms with van der Waals surface area (Å²) >= 11 is 0. The first-order valence-electron chi connectivity index (χ1n) is 4.17. The van der Waals surface area contributed by atoms with E-state index in [1.807, 2.05) is 6.92 Å². The number of rotatable bonds is 3. The molecule has 0 saturated carbocycles. The van der Waals surface area contributed by atoms with Gasteiger partial charge in [-0.25, -0.2) is 0 Å². The van der Waals surface area contributed by atoms with Crippen LogP contribution in [-0.2, 0) is 0 Å². The lowest BCUT2D eigenvalue weighted by atomic mass is 10.1. The minimum atomic E-state index is -0.117. The van der Waals surface area contributed by atoms with Crippen LogP contribution in [0.3, 0.4) is 0 Å². The second-order valence-electron chi connectivity index (χ2n) is 2.93. The van der Waals surface area contributed by atoms with E-state index in [4.69, 9.17) is 5.11 Å². The first-order valence-corrected chi connectivity index (χ1v) is 4.17. The quantitative estimate of drug-likeness (QED) is 0.613. The summed E-state index contributed by atoms with van der Waals surface area (Å²) in [5, 5.41) is 12.0. The molecular weight excluding hydrogens is 168 g/mol. The second-order valence-corrected chi connectivity index (χ2v) is 2.93. The topological polar surface area (TPSA) is 65.1 Å². The minimum absolute atomic E-state index is 0.0172. The van der Waals surface area contributed by atoms with Gasteiger partial charge in [-0.3, -0.25) is 4.79 Å². The summed E-state index contributed by atoms with van der Waals surface area (Å²) in [6.07, 6.45) is 0. The summed E-state index contributed by atoms with van der Waals surface area (Å²) in [4.78, 5) is 13.6. The van der Waals surface area contributed by atoms with Gasteiger partial charge in [0.2, 0.25) is 5.56 Å². The molecule has 0 amide bonds. The Bertz CT molecular complexity index is 329. The van der Waals surface area contributed by atoms with E-state index in [0.29, 0.717) is 0 Å². The molecule has 0 aliphatic rings. The fourth-order valence-corrected chi connectivity index (χ4v) is 1.31. The number of aryl methyl sites for hydroxylation is 1. The number of aliphatic hydroxyl groups excluding tert-OH is 1. The number of aromatic nitrogens is 1. The summed E-state index contributed by atoms with van der Waals surface area (Å²) in [5.41, 5.74) is 1.60. The van der Waals surface area contributed by atoms with Gasteiger partial charge in [0.15, 0.2) is 0 Å². The molecular formula is C9H14N2O2. The normalized spacial score (nSPS) is 12.8. The zero-order chi connectivity index (χ0) is 9.84. The highest BCUT2D eigenvalue weighted by Crippen LogP contribution is 2.12. The van der Waals surface area contributed by atoms with E-state index in [2.05, 4.69) is 10.3 Å². The fraction of sp³-hybridized carbons (Fsp3) is 0.444. The van der Waals surface area contributed by atoms with E-state index < -0.39 is 0 Å². The molecule has 0 aliphatic heterocycles. The molecule has 1 aromatic rings. The molecule has 4 heteroatoms. The van der Waals surface area contributed by atoms with Crippen molar-refractivity contribution in [2.24, 2.45) is 0 Å². The Morgan fingerprint density at radius 3 is 2.77 bits per heavy atom. The maximum absolute atomic E-state index is 10.9. The first kappa shape index (κ1) is 9.95. The van der Waals surface area contributed by atoms with Crippen LogP contribution in [0.4, 0.5) is 0 Å². The van der Waals surface area contributed by atoms with Crippen molar-refractivity contribution < 1.29 is 5.11 Å². The molecule has 1 rings (SSSR count). The molecule has 0 aliphatic carbocycles. The molecule has 0 fully saturated rings. The van der Waals surface area contributed by atoms with Crippen LogP contribution in [0, 0.1) is 6.92 Å². The van der Waals surface area contributed by atoms with Gasteiger partial charge < -0.3 is 15.4 Å². The average Bonchev–Trinajstić information content (AvgIpc) is 2.10. The molecule has 0 bridgehead atoms. The number of H-pyrrole nitrogens is 1. The van der Waals surface area contributed by atoms with Gasteiger partial charge in [0.05, 0.1) is 12.6 Å². The van der Waals surface area contributed by atoms with Crippen LogP contribution in [0.1, 0.15) is 17.3 Å². The molecule has 0 unspecified atom stereocenters. The van der Waals surface area contributed by atoms with E-state index in [-0.39, 0.29) is 18.2 Å². The van der Waals surface area contributed by atoms with E-state index in [0.717, 1.165) is 11.3 Å². The van der Waals surface area contributed by atoms with Crippen LogP contribution in [0.15, 0.2) is 16.9 Å². The molecule has 1 atom stereocenters. The van der Waals surface area contributed by atoms with Crippen LogP contribution in [0.2, 0.25) is 0 Å². The maximum Gasteiger partial charge on any atom is 0.248 e. The lowest BCUT2D eigenvalue weighted by Crippen LogP contribution is -2.22.